The fourth-order valence-corrected chi connectivity index (χ4v) is 4.31. The lowest BCUT2D eigenvalue weighted by atomic mass is 10.6. The highest BCUT2D eigenvalue weighted by Gasteiger charge is 2.15. The van der Waals surface area contributed by atoms with Crippen molar-refractivity contribution in [1.82, 2.24) is 4.90 Å². The molecule has 13 heavy (non-hydrogen) atoms. The van der Waals surface area contributed by atoms with Crippen LogP contribution in [0.2, 0.25) is 19.6 Å². The second-order valence-corrected chi connectivity index (χ2v) is 11.9. The first-order valence-corrected chi connectivity index (χ1v) is 9.92. The predicted molar refractivity (Wildman–Crippen MR) is 71.3 cm³/mol. The van der Waals surface area contributed by atoms with Gasteiger partial charge in [-0.25, -0.2) is 0 Å². The lowest BCUT2D eigenvalue weighted by Crippen LogP contribution is -2.31. The summed E-state index contributed by atoms with van der Waals surface area (Å²) in [5.41, 5.74) is 0. The van der Waals surface area contributed by atoms with E-state index in [2.05, 4.69) is 38.4 Å². The molecule has 0 aromatic rings. The van der Waals surface area contributed by atoms with Crippen LogP contribution in [-0.4, -0.2) is 35.8 Å². The second kappa shape index (κ2) is 6.04. The van der Waals surface area contributed by atoms with E-state index < -0.39 is 8.07 Å². The molecule has 0 bridgehead atoms. The summed E-state index contributed by atoms with van der Waals surface area (Å²) >= 11 is 7.21. The Morgan fingerprint density at radius 2 is 1.69 bits per heavy atom. The summed E-state index contributed by atoms with van der Waals surface area (Å²) in [5, 5.41) is 1.24. The average Bonchev–Trinajstić information content (AvgIpc) is 2.02. The van der Waals surface area contributed by atoms with Crippen molar-refractivity contribution >= 4 is 36.4 Å². The van der Waals surface area contributed by atoms with Crippen molar-refractivity contribution in [2.24, 2.45) is 0 Å². The van der Waals surface area contributed by atoms with Gasteiger partial charge in [-0.1, -0.05) is 43.6 Å². The lowest BCUT2D eigenvalue weighted by Gasteiger charge is -2.23. The van der Waals surface area contributed by atoms with E-state index in [0.29, 0.717) is 0 Å². The maximum Gasteiger partial charge on any atom is 0.136 e. The smallest absolute Gasteiger partial charge is 0.136 e. The van der Waals surface area contributed by atoms with Crippen molar-refractivity contribution < 1.29 is 0 Å². The van der Waals surface area contributed by atoms with Gasteiger partial charge in [0.1, 0.15) is 4.32 Å². The van der Waals surface area contributed by atoms with E-state index in [1.165, 1.54) is 5.38 Å². The minimum Gasteiger partial charge on any atom is -0.358 e. The molecule has 78 valence electrons. The Balaban J connectivity index is 3.86. The highest BCUT2D eigenvalue weighted by atomic mass is 32.2. The third-order valence-electron chi connectivity index (χ3n) is 1.65. The summed E-state index contributed by atoms with van der Waals surface area (Å²) in [6.45, 7) is 13.5. The van der Waals surface area contributed by atoms with Crippen LogP contribution < -0.4 is 0 Å². The SMILES string of the molecule is CCN(CC)C(=S)SC[Si](C)(C)C. The zero-order valence-electron chi connectivity index (χ0n) is 9.39. The third-order valence-corrected chi connectivity index (χ3v) is 6.81. The van der Waals surface area contributed by atoms with Gasteiger partial charge in [-0.2, -0.15) is 0 Å². The van der Waals surface area contributed by atoms with E-state index in [9.17, 15) is 0 Å². The lowest BCUT2D eigenvalue weighted by molar-refractivity contribution is 0.482. The van der Waals surface area contributed by atoms with Crippen LogP contribution in [0.1, 0.15) is 13.8 Å². The van der Waals surface area contributed by atoms with Gasteiger partial charge in [-0.3, -0.25) is 0 Å². The normalized spacial score (nSPS) is 11.5. The molecule has 0 aliphatic rings. The maximum absolute atomic E-state index is 5.35. The number of hydrogen-bond acceptors (Lipinski definition) is 2. The van der Waals surface area contributed by atoms with Gasteiger partial charge in [0.05, 0.1) is 8.07 Å². The van der Waals surface area contributed by atoms with Crippen LogP contribution in [0.3, 0.4) is 0 Å². The molecule has 0 aliphatic carbocycles. The maximum atomic E-state index is 5.35. The molecule has 0 saturated carbocycles. The minimum absolute atomic E-state index is 0.943. The second-order valence-electron chi connectivity index (χ2n) is 4.29. The summed E-state index contributed by atoms with van der Waals surface area (Å²) in [4.78, 5) is 2.25. The van der Waals surface area contributed by atoms with E-state index in [1.54, 1.807) is 0 Å². The molecule has 0 saturated heterocycles. The van der Waals surface area contributed by atoms with Crippen LogP contribution in [0.4, 0.5) is 0 Å². The standard InChI is InChI=1S/C9H21NS2Si/c1-6-10(7-2)9(11)12-8-13(3,4)5/h6-8H2,1-5H3. The van der Waals surface area contributed by atoms with Gasteiger partial charge in [0.25, 0.3) is 0 Å². The van der Waals surface area contributed by atoms with Crippen molar-refractivity contribution in [2.75, 3.05) is 18.5 Å². The van der Waals surface area contributed by atoms with Crippen LogP contribution in [0.15, 0.2) is 0 Å². The summed E-state index contributed by atoms with van der Waals surface area (Å²) in [5.74, 6) is 0. The fourth-order valence-electron chi connectivity index (χ4n) is 0.851. The number of nitrogens with zero attached hydrogens (tertiary/aromatic N) is 1. The molecule has 0 aromatic heterocycles. The van der Waals surface area contributed by atoms with E-state index >= 15 is 0 Å². The first-order chi connectivity index (χ1) is 5.90. The molecule has 0 spiro atoms. The summed E-state index contributed by atoms with van der Waals surface area (Å²) in [6, 6.07) is 0. The van der Waals surface area contributed by atoms with E-state index in [4.69, 9.17) is 12.2 Å². The number of rotatable bonds is 4. The Labute approximate surface area is 93.3 Å². The topological polar surface area (TPSA) is 3.24 Å². The first-order valence-electron chi connectivity index (χ1n) is 4.82. The highest BCUT2D eigenvalue weighted by molar-refractivity contribution is 8.23. The molecule has 0 aliphatic heterocycles. The number of thiocarbonyl (C=S) groups is 1. The predicted octanol–water partition coefficient (Wildman–Crippen LogP) is 3.22. The highest BCUT2D eigenvalue weighted by Crippen LogP contribution is 2.15. The monoisotopic (exact) mass is 235 g/mol. The van der Waals surface area contributed by atoms with Gasteiger partial charge in [0.2, 0.25) is 0 Å². The van der Waals surface area contributed by atoms with Crippen molar-refractivity contribution in [3.63, 3.8) is 0 Å². The first kappa shape index (κ1) is 13.5. The van der Waals surface area contributed by atoms with E-state index in [-0.39, 0.29) is 0 Å². The van der Waals surface area contributed by atoms with E-state index in [1.807, 2.05) is 11.8 Å². The van der Waals surface area contributed by atoms with E-state index in [0.717, 1.165) is 17.4 Å². The van der Waals surface area contributed by atoms with Crippen molar-refractivity contribution in [1.29, 1.82) is 0 Å². The molecule has 1 nitrogen and oxygen atoms in total. The molecule has 0 heterocycles. The molecular formula is C9H21NS2Si. The zero-order chi connectivity index (χ0) is 10.5. The Morgan fingerprint density at radius 1 is 1.23 bits per heavy atom. The van der Waals surface area contributed by atoms with Crippen LogP contribution in [0, 0.1) is 0 Å². The molecule has 4 heteroatoms. The molecule has 0 amide bonds. The summed E-state index contributed by atoms with van der Waals surface area (Å²) in [7, 11) is -0.943. The molecule has 0 atom stereocenters. The quantitative estimate of drug-likeness (QED) is 0.544. The molecule has 0 unspecified atom stereocenters. The van der Waals surface area contributed by atoms with Crippen molar-refractivity contribution in [3.05, 3.63) is 0 Å². The Morgan fingerprint density at radius 3 is 2.00 bits per heavy atom. The number of thioether (sulfide) groups is 1. The van der Waals surface area contributed by atoms with Crippen LogP contribution in [-0.2, 0) is 0 Å². The Hall–Kier alpha value is 0.457. The van der Waals surface area contributed by atoms with Crippen molar-refractivity contribution in [2.45, 2.75) is 33.5 Å². The molecule has 0 aromatic carbocycles. The van der Waals surface area contributed by atoms with Crippen LogP contribution in [0.5, 0.6) is 0 Å². The molecular weight excluding hydrogens is 214 g/mol. The largest absolute Gasteiger partial charge is 0.358 e. The van der Waals surface area contributed by atoms with Gasteiger partial charge in [0.15, 0.2) is 0 Å². The Kier molecular flexibility index (Phi) is 6.25. The van der Waals surface area contributed by atoms with Gasteiger partial charge in [-0.15, -0.1) is 0 Å². The molecule has 0 fully saturated rings. The van der Waals surface area contributed by atoms with Crippen LogP contribution >= 0.6 is 24.0 Å². The van der Waals surface area contributed by atoms with Gasteiger partial charge < -0.3 is 4.90 Å². The van der Waals surface area contributed by atoms with Gasteiger partial charge >= 0.3 is 0 Å². The zero-order valence-corrected chi connectivity index (χ0v) is 12.0. The molecule has 0 radical (unpaired) electrons. The van der Waals surface area contributed by atoms with Crippen LogP contribution in [0.25, 0.3) is 0 Å². The summed E-state index contributed by atoms with van der Waals surface area (Å²) in [6.07, 6.45) is 0. The molecule has 0 N–H and O–H groups in total. The fraction of sp³-hybridized carbons (Fsp3) is 0.889. The Bertz CT molecular complexity index is 161. The number of hydrogen-bond donors (Lipinski definition) is 0. The summed E-state index contributed by atoms with van der Waals surface area (Å²) < 4.78 is 1.08. The third kappa shape index (κ3) is 6.52. The molecule has 0 rings (SSSR count). The van der Waals surface area contributed by atoms with Gasteiger partial charge in [0, 0.05) is 13.1 Å². The van der Waals surface area contributed by atoms with Gasteiger partial charge in [-0.05, 0) is 19.2 Å². The average molecular weight is 235 g/mol. The minimum atomic E-state index is -0.943. The van der Waals surface area contributed by atoms with Crippen molar-refractivity contribution in [3.8, 4) is 0 Å².